The first-order valence-electron chi connectivity index (χ1n) is 11.6. The molecule has 0 saturated carbocycles. The average Bonchev–Trinajstić information content (AvgIpc) is 3.22. The van der Waals surface area contributed by atoms with E-state index < -0.39 is 6.09 Å². The van der Waals surface area contributed by atoms with E-state index in [-0.39, 0.29) is 19.1 Å². The zero-order valence-electron chi connectivity index (χ0n) is 19.7. The third-order valence-electron chi connectivity index (χ3n) is 6.29. The van der Waals surface area contributed by atoms with E-state index in [0.29, 0.717) is 10.6 Å². The van der Waals surface area contributed by atoms with Crippen LogP contribution in [-0.2, 0) is 11.3 Å². The van der Waals surface area contributed by atoms with Crippen LogP contribution in [0.4, 0.5) is 4.79 Å². The van der Waals surface area contributed by atoms with Gasteiger partial charge < -0.3 is 10.1 Å². The summed E-state index contributed by atoms with van der Waals surface area (Å²) in [6, 6.07) is 27.7. The Hall–Kier alpha value is -3.54. The summed E-state index contributed by atoms with van der Waals surface area (Å²) in [4.78, 5) is 25.8. The minimum atomic E-state index is -0.487. The van der Waals surface area contributed by atoms with Gasteiger partial charge in [-0.3, -0.25) is 4.79 Å². The molecule has 1 aliphatic rings. The van der Waals surface area contributed by atoms with Crippen molar-refractivity contribution >= 4 is 35.7 Å². The molecular formula is C30H24ClNO3S. The summed E-state index contributed by atoms with van der Waals surface area (Å²) < 4.78 is 5.68. The van der Waals surface area contributed by atoms with Crippen LogP contribution >= 0.6 is 23.4 Å². The molecule has 0 atom stereocenters. The second-order valence-corrected chi connectivity index (χ2v) is 10.1. The van der Waals surface area contributed by atoms with Gasteiger partial charge in [0.15, 0.2) is 6.29 Å². The van der Waals surface area contributed by atoms with Crippen LogP contribution in [0.15, 0.2) is 94.7 Å². The first-order chi connectivity index (χ1) is 17.5. The molecule has 36 heavy (non-hydrogen) atoms. The van der Waals surface area contributed by atoms with Crippen LogP contribution < -0.4 is 5.32 Å². The number of aryl methyl sites for hydroxylation is 1. The fourth-order valence-electron chi connectivity index (χ4n) is 4.64. The smallest absolute Gasteiger partial charge is 0.407 e. The maximum Gasteiger partial charge on any atom is 0.407 e. The predicted octanol–water partition coefficient (Wildman–Crippen LogP) is 7.65. The normalized spacial score (nSPS) is 12.1. The molecule has 0 radical (unpaired) electrons. The molecule has 0 saturated heterocycles. The third-order valence-corrected chi connectivity index (χ3v) is 7.98. The Morgan fingerprint density at radius 2 is 1.61 bits per heavy atom. The summed E-state index contributed by atoms with van der Waals surface area (Å²) >= 11 is 8.00. The Morgan fingerprint density at radius 3 is 2.31 bits per heavy atom. The van der Waals surface area contributed by atoms with Gasteiger partial charge in [-0.2, -0.15) is 0 Å². The van der Waals surface area contributed by atoms with Crippen molar-refractivity contribution in [3.8, 4) is 11.1 Å². The van der Waals surface area contributed by atoms with Crippen molar-refractivity contribution in [2.75, 3.05) is 6.61 Å². The van der Waals surface area contributed by atoms with Crippen LogP contribution in [0.2, 0.25) is 5.02 Å². The highest BCUT2D eigenvalue weighted by atomic mass is 35.5. The maximum absolute atomic E-state index is 12.7. The number of carbonyl (C=O) groups is 2. The lowest BCUT2D eigenvalue weighted by Crippen LogP contribution is -2.26. The van der Waals surface area contributed by atoms with Gasteiger partial charge in [-0.25, -0.2) is 4.79 Å². The number of hydrogen-bond donors (Lipinski definition) is 1. The summed E-state index contributed by atoms with van der Waals surface area (Å²) in [5.41, 5.74) is 7.16. The lowest BCUT2D eigenvalue weighted by Gasteiger charge is -2.16. The van der Waals surface area contributed by atoms with Gasteiger partial charge in [-0.15, -0.1) is 0 Å². The monoisotopic (exact) mass is 513 g/mol. The Bertz CT molecular complexity index is 1410. The van der Waals surface area contributed by atoms with E-state index in [1.807, 2.05) is 61.5 Å². The molecular weight excluding hydrogens is 490 g/mol. The molecule has 1 aliphatic carbocycles. The van der Waals surface area contributed by atoms with E-state index in [1.54, 1.807) is 6.07 Å². The minimum absolute atomic E-state index is 0.00234. The molecule has 4 nitrogen and oxygen atoms in total. The fourth-order valence-corrected chi connectivity index (χ4v) is 6.07. The number of amides is 1. The number of halogens is 1. The number of rotatable bonds is 7. The second kappa shape index (κ2) is 10.6. The highest BCUT2D eigenvalue weighted by Gasteiger charge is 2.29. The van der Waals surface area contributed by atoms with Gasteiger partial charge in [0.2, 0.25) is 0 Å². The van der Waals surface area contributed by atoms with Crippen molar-refractivity contribution < 1.29 is 14.3 Å². The average molecular weight is 514 g/mol. The van der Waals surface area contributed by atoms with Crippen LogP contribution in [0.1, 0.15) is 38.5 Å². The van der Waals surface area contributed by atoms with Gasteiger partial charge in [0.1, 0.15) is 6.61 Å². The lowest BCUT2D eigenvalue weighted by atomic mass is 9.98. The molecule has 1 N–H and O–H groups in total. The molecule has 0 heterocycles. The fraction of sp³-hybridized carbons (Fsp3) is 0.133. The summed E-state index contributed by atoms with van der Waals surface area (Å²) in [7, 11) is 0. The topological polar surface area (TPSA) is 55.4 Å². The van der Waals surface area contributed by atoms with Crippen molar-refractivity contribution in [1.82, 2.24) is 5.32 Å². The molecule has 5 rings (SSSR count). The van der Waals surface area contributed by atoms with Crippen molar-refractivity contribution in [2.45, 2.75) is 29.2 Å². The van der Waals surface area contributed by atoms with Crippen molar-refractivity contribution in [1.29, 1.82) is 0 Å². The number of carbonyl (C=O) groups excluding carboxylic acids is 2. The zero-order valence-corrected chi connectivity index (χ0v) is 21.2. The minimum Gasteiger partial charge on any atom is -0.449 e. The van der Waals surface area contributed by atoms with Crippen LogP contribution in [0.25, 0.3) is 11.1 Å². The van der Waals surface area contributed by atoms with Crippen molar-refractivity contribution in [2.24, 2.45) is 0 Å². The SMILES string of the molecule is Cc1cc(Cl)c(Sc2ccccc2C=O)c(CNC(=O)OCC2c3ccccc3-c3ccccc32)c1. The quantitative estimate of drug-likeness (QED) is 0.258. The highest BCUT2D eigenvalue weighted by molar-refractivity contribution is 7.99. The number of hydrogen-bond acceptors (Lipinski definition) is 4. The predicted molar refractivity (Wildman–Crippen MR) is 144 cm³/mol. The lowest BCUT2D eigenvalue weighted by molar-refractivity contribution is 0.112. The first-order valence-corrected chi connectivity index (χ1v) is 12.8. The molecule has 6 heteroatoms. The maximum atomic E-state index is 12.7. The van der Waals surface area contributed by atoms with Crippen molar-refractivity contribution in [3.05, 3.63) is 118 Å². The zero-order chi connectivity index (χ0) is 25.1. The highest BCUT2D eigenvalue weighted by Crippen LogP contribution is 2.44. The Balaban J connectivity index is 1.29. The molecule has 0 fully saturated rings. The molecule has 0 unspecified atom stereocenters. The van der Waals surface area contributed by atoms with E-state index in [1.165, 1.54) is 34.0 Å². The molecule has 0 spiro atoms. The standard InChI is InChI=1S/C30H24ClNO3S/c1-19-14-21(29(27(31)15-19)36-28-13-7-2-8-20(28)17-33)16-32-30(34)35-18-26-24-11-5-3-9-22(24)23-10-4-6-12-25(23)26/h2-15,17,26H,16,18H2,1H3,(H,32,34). The van der Waals surface area contributed by atoms with Gasteiger partial charge in [0, 0.05) is 27.8 Å². The molecule has 180 valence electrons. The summed E-state index contributed by atoms with van der Waals surface area (Å²) in [6.45, 7) is 2.46. The number of aldehydes is 1. The van der Waals surface area contributed by atoms with Crippen LogP contribution in [0, 0.1) is 6.92 Å². The number of ether oxygens (including phenoxy) is 1. The second-order valence-electron chi connectivity index (χ2n) is 8.67. The Labute approximate surface area is 219 Å². The van der Waals surface area contributed by atoms with Gasteiger partial charge in [-0.1, -0.05) is 96.2 Å². The van der Waals surface area contributed by atoms with E-state index in [4.69, 9.17) is 16.3 Å². The first kappa shape index (κ1) is 24.2. The molecule has 1 amide bonds. The van der Waals surface area contributed by atoms with Crippen molar-refractivity contribution in [3.63, 3.8) is 0 Å². The van der Waals surface area contributed by atoms with Gasteiger partial charge in [-0.05, 0) is 52.4 Å². The number of benzene rings is 4. The molecule has 0 aliphatic heterocycles. The van der Waals surface area contributed by atoms with E-state index >= 15 is 0 Å². The van der Waals surface area contributed by atoms with E-state index in [0.717, 1.165) is 27.2 Å². The number of alkyl carbamates (subject to hydrolysis) is 1. The molecule has 0 aromatic heterocycles. The van der Waals surface area contributed by atoms with Gasteiger partial charge >= 0.3 is 6.09 Å². The van der Waals surface area contributed by atoms with Crippen LogP contribution in [0.5, 0.6) is 0 Å². The van der Waals surface area contributed by atoms with E-state index in [9.17, 15) is 9.59 Å². The molecule has 4 aromatic rings. The van der Waals surface area contributed by atoms with Crippen LogP contribution in [-0.4, -0.2) is 19.0 Å². The largest absolute Gasteiger partial charge is 0.449 e. The summed E-state index contributed by atoms with van der Waals surface area (Å²) in [6.07, 6.45) is 0.345. The number of nitrogens with one attached hydrogen (secondary N) is 1. The Kier molecular flexibility index (Phi) is 7.12. The number of fused-ring (bicyclic) bond motifs is 3. The summed E-state index contributed by atoms with van der Waals surface area (Å²) in [5.74, 6) is 0.00234. The molecule has 0 bridgehead atoms. The van der Waals surface area contributed by atoms with Gasteiger partial charge in [0.05, 0.1) is 5.02 Å². The summed E-state index contributed by atoms with van der Waals surface area (Å²) in [5, 5.41) is 3.45. The molecule has 4 aromatic carbocycles. The van der Waals surface area contributed by atoms with Crippen LogP contribution in [0.3, 0.4) is 0 Å². The van der Waals surface area contributed by atoms with E-state index in [2.05, 4.69) is 29.6 Å². The third kappa shape index (κ3) is 4.90. The Morgan fingerprint density at radius 1 is 0.972 bits per heavy atom. The van der Waals surface area contributed by atoms with Gasteiger partial charge in [0.25, 0.3) is 0 Å².